The maximum atomic E-state index is 14.9. The third kappa shape index (κ3) is 4.11. The van der Waals surface area contributed by atoms with Crippen LogP contribution in [0.5, 0.6) is 0 Å². The standard InChI is InChI=1S/C24H22ClF2NO3S/c25-18-4-7-20(8-5-18)32(30,31)24(21-15-19(26)6-9-22(21)27)12-10-17(11-13-24)16-28-14-2-1-3-23(28)29/h1-9,14-15,17H,10-13,16H2. The van der Waals surface area contributed by atoms with E-state index < -0.39 is 26.2 Å². The van der Waals surface area contributed by atoms with Gasteiger partial charge in [-0.2, -0.15) is 0 Å². The zero-order chi connectivity index (χ0) is 22.9. The molecule has 0 unspecified atom stereocenters. The van der Waals surface area contributed by atoms with Crippen molar-refractivity contribution in [3.8, 4) is 0 Å². The summed E-state index contributed by atoms with van der Waals surface area (Å²) in [6, 6.07) is 13.6. The molecule has 0 bridgehead atoms. The molecular weight excluding hydrogens is 456 g/mol. The summed E-state index contributed by atoms with van der Waals surface area (Å²) < 4.78 is 56.6. The zero-order valence-corrected chi connectivity index (χ0v) is 18.8. The molecule has 0 amide bonds. The fourth-order valence-corrected chi connectivity index (χ4v) is 6.88. The molecule has 2 aromatic carbocycles. The van der Waals surface area contributed by atoms with E-state index in [2.05, 4.69) is 0 Å². The zero-order valence-electron chi connectivity index (χ0n) is 17.2. The van der Waals surface area contributed by atoms with E-state index in [1.807, 2.05) is 0 Å². The van der Waals surface area contributed by atoms with Gasteiger partial charge in [-0.3, -0.25) is 4.79 Å². The van der Waals surface area contributed by atoms with Crippen LogP contribution in [-0.4, -0.2) is 13.0 Å². The van der Waals surface area contributed by atoms with E-state index in [1.165, 1.54) is 30.3 Å². The van der Waals surface area contributed by atoms with Crippen LogP contribution < -0.4 is 5.56 Å². The number of hydrogen-bond acceptors (Lipinski definition) is 3. The van der Waals surface area contributed by atoms with Crippen LogP contribution in [0.4, 0.5) is 8.78 Å². The van der Waals surface area contributed by atoms with E-state index in [9.17, 15) is 22.0 Å². The topological polar surface area (TPSA) is 56.1 Å². The molecule has 0 spiro atoms. The Labute approximate surface area is 190 Å². The molecule has 1 saturated carbocycles. The highest BCUT2D eigenvalue weighted by atomic mass is 35.5. The SMILES string of the molecule is O=c1ccccn1CC1CCC(c2cc(F)ccc2F)(S(=O)(=O)c2ccc(Cl)cc2)CC1. The number of benzene rings is 2. The predicted octanol–water partition coefficient (Wildman–Crippen LogP) is 5.34. The van der Waals surface area contributed by atoms with Crippen molar-refractivity contribution in [3.05, 3.63) is 99.4 Å². The van der Waals surface area contributed by atoms with Gasteiger partial charge in [0, 0.05) is 29.4 Å². The number of aromatic nitrogens is 1. The van der Waals surface area contributed by atoms with Gasteiger partial charge >= 0.3 is 0 Å². The van der Waals surface area contributed by atoms with E-state index in [-0.39, 0.29) is 34.8 Å². The average Bonchev–Trinajstić information content (AvgIpc) is 2.78. The van der Waals surface area contributed by atoms with Crippen molar-refractivity contribution in [1.29, 1.82) is 0 Å². The normalized spacial score (nSPS) is 21.4. The summed E-state index contributed by atoms with van der Waals surface area (Å²) in [5, 5.41) is 0.381. The molecule has 0 aliphatic heterocycles. The van der Waals surface area contributed by atoms with Gasteiger partial charge < -0.3 is 4.57 Å². The van der Waals surface area contributed by atoms with Gasteiger partial charge in [-0.05, 0) is 80.1 Å². The maximum absolute atomic E-state index is 14.9. The molecule has 168 valence electrons. The van der Waals surface area contributed by atoms with Gasteiger partial charge in [0.15, 0.2) is 9.84 Å². The smallest absolute Gasteiger partial charge is 0.250 e. The molecule has 0 saturated heterocycles. The minimum Gasteiger partial charge on any atom is -0.315 e. The third-order valence-corrected chi connectivity index (χ3v) is 9.13. The van der Waals surface area contributed by atoms with Crippen LogP contribution in [0.15, 0.2) is 76.6 Å². The first kappa shape index (κ1) is 22.7. The molecular formula is C24H22ClF2NO3S. The van der Waals surface area contributed by atoms with Gasteiger partial charge in [-0.1, -0.05) is 17.7 Å². The summed E-state index contributed by atoms with van der Waals surface area (Å²) in [6.07, 6.45) is 2.82. The summed E-state index contributed by atoms with van der Waals surface area (Å²) in [6.45, 7) is 0.447. The van der Waals surface area contributed by atoms with Gasteiger partial charge in [-0.25, -0.2) is 17.2 Å². The lowest BCUT2D eigenvalue weighted by Gasteiger charge is -2.40. The second-order valence-electron chi connectivity index (χ2n) is 8.21. The third-order valence-electron chi connectivity index (χ3n) is 6.32. The van der Waals surface area contributed by atoms with Crippen molar-refractivity contribution in [3.63, 3.8) is 0 Å². The van der Waals surface area contributed by atoms with Crippen LogP contribution in [0, 0.1) is 17.6 Å². The van der Waals surface area contributed by atoms with Crippen molar-refractivity contribution < 1.29 is 17.2 Å². The molecule has 8 heteroatoms. The average molecular weight is 478 g/mol. The van der Waals surface area contributed by atoms with Crippen molar-refractivity contribution in [2.45, 2.75) is 41.9 Å². The Morgan fingerprint density at radius 2 is 1.69 bits per heavy atom. The number of nitrogens with zero attached hydrogens (tertiary/aromatic N) is 1. The molecule has 1 aromatic heterocycles. The van der Waals surface area contributed by atoms with Gasteiger partial charge in [0.1, 0.15) is 16.4 Å². The Hall–Kier alpha value is -2.51. The van der Waals surface area contributed by atoms with E-state index in [1.54, 1.807) is 22.9 Å². The molecule has 4 rings (SSSR count). The Kier molecular flexibility index (Phi) is 6.23. The van der Waals surface area contributed by atoms with E-state index >= 15 is 0 Å². The van der Waals surface area contributed by atoms with Crippen molar-refractivity contribution >= 4 is 21.4 Å². The quantitative estimate of drug-likeness (QED) is 0.498. The molecule has 1 aliphatic carbocycles. The molecule has 1 fully saturated rings. The Morgan fingerprint density at radius 1 is 1.00 bits per heavy atom. The largest absolute Gasteiger partial charge is 0.315 e. The van der Waals surface area contributed by atoms with E-state index in [4.69, 9.17) is 11.6 Å². The molecule has 1 aliphatic rings. The number of sulfone groups is 1. The molecule has 4 nitrogen and oxygen atoms in total. The molecule has 0 atom stereocenters. The fraction of sp³-hybridized carbons (Fsp3) is 0.292. The lowest BCUT2D eigenvalue weighted by Crippen LogP contribution is -2.41. The van der Waals surface area contributed by atoms with Crippen LogP contribution in [0.3, 0.4) is 0 Å². The number of rotatable bonds is 5. The van der Waals surface area contributed by atoms with Crippen molar-refractivity contribution in [2.24, 2.45) is 5.92 Å². The Morgan fingerprint density at radius 3 is 2.34 bits per heavy atom. The molecule has 0 N–H and O–H groups in total. The Bertz CT molecular complexity index is 1280. The van der Waals surface area contributed by atoms with Crippen LogP contribution in [0.25, 0.3) is 0 Å². The minimum absolute atomic E-state index is 0.0169. The summed E-state index contributed by atoms with van der Waals surface area (Å²) in [4.78, 5) is 12.1. The predicted molar refractivity (Wildman–Crippen MR) is 119 cm³/mol. The van der Waals surface area contributed by atoms with Crippen molar-refractivity contribution in [1.82, 2.24) is 4.57 Å². The summed E-state index contributed by atoms with van der Waals surface area (Å²) in [5.41, 5.74) is -0.280. The molecule has 1 heterocycles. The van der Waals surface area contributed by atoms with Gasteiger partial charge in [0.25, 0.3) is 5.56 Å². The summed E-state index contributed by atoms with van der Waals surface area (Å²) in [7, 11) is -4.07. The highest BCUT2D eigenvalue weighted by molar-refractivity contribution is 7.92. The number of halogens is 3. The fourth-order valence-electron chi connectivity index (χ4n) is 4.58. The van der Waals surface area contributed by atoms with Crippen molar-refractivity contribution in [2.75, 3.05) is 0 Å². The summed E-state index contributed by atoms with van der Waals surface area (Å²) in [5.74, 6) is -1.40. The van der Waals surface area contributed by atoms with Gasteiger partial charge in [0.2, 0.25) is 0 Å². The monoisotopic (exact) mass is 477 g/mol. The highest BCUT2D eigenvalue weighted by Crippen LogP contribution is 2.49. The van der Waals surface area contributed by atoms with E-state index in [0.717, 1.165) is 18.2 Å². The molecule has 0 radical (unpaired) electrons. The number of pyridine rings is 1. The minimum atomic E-state index is -4.07. The maximum Gasteiger partial charge on any atom is 0.250 e. The Balaban J connectivity index is 1.73. The first-order valence-corrected chi connectivity index (χ1v) is 12.2. The lowest BCUT2D eigenvalue weighted by molar-refractivity contribution is 0.261. The van der Waals surface area contributed by atoms with Crippen LogP contribution in [-0.2, 0) is 21.1 Å². The first-order valence-electron chi connectivity index (χ1n) is 10.3. The van der Waals surface area contributed by atoms with Gasteiger partial charge in [-0.15, -0.1) is 0 Å². The lowest BCUT2D eigenvalue weighted by atomic mass is 9.77. The van der Waals surface area contributed by atoms with Gasteiger partial charge in [0.05, 0.1) is 4.90 Å². The molecule has 3 aromatic rings. The number of hydrogen-bond donors (Lipinski definition) is 0. The van der Waals surface area contributed by atoms with Crippen LogP contribution in [0.2, 0.25) is 5.02 Å². The second-order valence-corrected chi connectivity index (χ2v) is 10.9. The van der Waals surface area contributed by atoms with Crippen LogP contribution >= 0.6 is 11.6 Å². The first-order chi connectivity index (χ1) is 15.2. The van der Waals surface area contributed by atoms with E-state index in [0.29, 0.717) is 24.4 Å². The highest BCUT2D eigenvalue weighted by Gasteiger charge is 2.50. The summed E-state index contributed by atoms with van der Waals surface area (Å²) >= 11 is 5.92. The molecule has 32 heavy (non-hydrogen) atoms. The van der Waals surface area contributed by atoms with Crippen LogP contribution in [0.1, 0.15) is 31.2 Å². The second kappa shape index (κ2) is 8.79.